The molecular weight excluding hydrogens is 298 g/mol. The molecule has 2 rings (SSSR count). The molecule has 0 aliphatic heterocycles. The molecule has 2 aromatic rings. The van der Waals surface area contributed by atoms with E-state index >= 15 is 0 Å². The van der Waals surface area contributed by atoms with Crippen LogP contribution < -0.4 is 5.32 Å². The minimum atomic E-state index is -0.370. The topological polar surface area (TPSA) is 55.4 Å². The van der Waals surface area contributed by atoms with Crippen molar-refractivity contribution in [1.82, 2.24) is 5.32 Å². The highest BCUT2D eigenvalue weighted by Gasteiger charge is 2.17. The van der Waals surface area contributed by atoms with Crippen molar-refractivity contribution in [2.45, 2.75) is 25.3 Å². The largest absolute Gasteiger partial charge is 0.469 e. The molecule has 1 atom stereocenters. The maximum Gasteiger partial charge on any atom is 0.306 e. The molecule has 1 heterocycles. The van der Waals surface area contributed by atoms with Gasteiger partial charge in [0.2, 0.25) is 5.91 Å². The van der Waals surface area contributed by atoms with Crippen LogP contribution in [0.3, 0.4) is 0 Å². The van der Waals surface area contributed by atoms with E-state index in [0.717, 1.165) is 16.9 Å². The summed E-state index contributed by atoms with van der Waals surface area (Å²) in [6.45, 7) is 0. The Kier molecular flexibility index (Phi) is 6.15. The molecule has 0 bridgehead atoms. The molecule has 1 N–H and O–H groups in total. The fraction of sp³-hybridized carbons (Fsp3) is 0.294. The summed E-state index contributed by atoms with van der Waals surface area (Å²) in [4.78, 5) is 24.3. The van der Waals surface area contributed by atoms with Gasteiger partial charge in [-0.25, -0.2) is 0 Å². The van der Waals surface area contributed by atoms with Crippen LogP contribution in [-0.4, -0.2) is 19.0 Å². The van der Waals surface area contributed by atoms with Crippen molar-refractivity contribution in [3.63, 3.8) is 0 Å². The normalized spacial score (nSPS) is 11.7. The van der Waals surface area contributed by atoms with Crippen molar-refractivity contribution in [2.75, 3.05) is 7.11 Å². The second-order valence-corrected chi connectivity index (χ2v) is 5.88. The van der Waals surface area contributed by atoms with Gasteiger partial charge >= 0.3 is 5.97 Å². The van der Waals surface area contributed by atoms with Gasteiger partial charge < -0.3 is 10.1 Å². The van der Waals surface area contributed by atoms with Crippen molar-refractivity contribution in [3.05, 3.63) is 58.3 Å². The van der Waals surface area contributed by atoms with Gasteiger partial charge in [0, 0.05) is 11.3 Å². The van der Waals surface area contributed by atoms with Gasteiger partial charge in [-0.3, -0.25) is 9.59 Å². The molecule has 0 fully saturated rings. The van der Waals surface area contributed by atoms with Gasteiger partial charge in [-0.05, 0) is 23.4 Å². The monoisotopic (exact) mass is 317 g/mol. The standard InChI is InChI=1S/C17H19NO3S/c1-21-17(20)10-9-16(19)18-14(15-8-5-11-22-15)12-13-6-3-2-4-7-13/h2-8,11,14H,9-10,12H2,1H3,(H,18,19)/t14-/m1/s1. The number of hydrogen-bond donors (Lipinski definition) is 1. The minimum absolute atomic E-state index is 0.0763. The third-order valence-electron chi connectivity index (χ3n) is 3.29. The number of hydrogen-bond acceptors (Lipinski definition) is 4. The average molecular weight is 317 g/mol. The molecule has 0 saturated carbocycles. The SMILES string of the molecule is COC(=O)CCC(=O)N[C@H](Cc1ccccc1)c1cccs1. The second-order valence-electron chi connectivity index (χ2n) is 4.90. The van der Waals surface area contributed by atoms with Crippen LogP contribution in [-0.2, 0) is 20.7 Å². The van der Waals surface area contributed by atoms with Crippen LogP contribution in [0.25, 0.3) is 0 Å². The smallest absolute Gasteiger partial charge is 0.306 e. The summed E-state index contributed by atoms with van der Waals surface area (Å²) >= 11 is 1.61. The fourth-order valence-electron chi connectivity index (χ4n) is 2.15. The molecule has 1 aromatic carbocycles. The highest BCUT2D eigenvalue weighted by atomic mass is 32.1. The second kappa shape index (κ2) is 8.34. The first kappa shape index (κ1) is 16.2. The van der Waals surface area contributed by atoms with E-state index in [1.54, 1.807) is 11.3 Å². The highest BCUT2D eigenvalue weighted by molar-refractivity contribution is 7.10. The molecule has 4 nitrogen and oxygen atoms in total. The minimum Gasteiger partial charge on any atom is -0.469 e. The predicted molar refractivity (Wildman–Crippen MR) is 86.6 cm³/mol. The number of methoxy groups -OCH3 is 1. The first-order chi connectivity index (χ1) is 10.7. The van der Waals surface area contributed by atoms with Gasteiger partial charge in [0.05, 0.1) is 19.6 Å². The summed E-state index contributed by atoms with van der Waals surface area (Å²) in [6.07, 6.45) is 0.972. The molecule has 0 saturated heterocycles. The van der Waals surface area contributed by atoms with Crippen LogP contribution in [0.1, 0.15) is 29.3 Å². The van der Waals surface area contributed by atoms with E-state index in [-0.39, 0.29) is 30.8 Å². The van der Waals surface area contributed by atoms with Crippen LogP contribution in [0.15, 0.2) is 47.8 Å². The van der Waals surface area contributed by atoms with Gasteiger partial charge in [0.15, 0.2) is 0 Å². The number of ether oxygens (including phenoxy) is 1. The molecule has 116 valence electrons. The molecule has 0 spiro atoms. The van der Waals surface area contributed by atoms with E-state index in [9.17, 15) is 9.59 Å². The van der Waals surface area contributed by atoms with Crippen LogP contribution in [0.4, 0.5) is 0 Å². The van der Waals surface area contributed by atoms with Crippen molar-refractivity contribution < 1.29 is 14.3 Å². The van der Waals surface area contributed by atoms with Crippen LogP contribution >= 0.6 is 11.3 Å². The third-order valence-corrected chi connectivity index (χ3v) is 4.27. The quantitative estimate of drug-likeness (QED) is 0.798. The summed E-state index contributed by atoms with van der Waals surface area (Å²) < 4.78 is 4.56. The predicted octanol–water partition coefficient (Wildman–Crippen LogP) is 3.10. The Morgan fingerprint density at radius 1 is 1.14 bits per heavy atom. The summed E-state index contributed by atoms with van der Waals surface area (Å²) in [7, 11) is 1.32. The van der Waals surface area contributed by atoms with E-state index in [1.165, 1.54) is 7.11 Å². The maximum absolute atomic E-state index is 12.0. The maximum atomic E-state index is 12.0. The van der Waals surface area contributed by atoms with E-state index in [4.69, 9.17) is 0 Å². The Morgan fingerprint density at radius 3 is 2.55 bits per heavy atom. The van der Waals surface area contributed by atoms with Crippen LogP contribution in [0, 0.1) is 0 Å². The summed E-state index contributed by atoms with van der Waals surface area (Å²) in [6, 6.07) is 13.9. The van der Waals surface area contributed by atoms with Crippen molar-refractivity contribution in [1.29, 1.82) is 0 Å². The summed E-state index contributed by atoms with van der Waals surface area (Å²) in [5.74, 6) is -0.509. The first-order valence-electron chi connectivity index (χ1n) is 7.12. The first-order valence-corrected chi connectivity index (χ1v) is 8.00. The Balaban J connectivity index is 1.99. The molecule has 0 radical (unpaired) electrons. The Hall–Kier alpha value is -2.14. The summed E-state index contributed by atoms with van der Waals surface area (Å²) in [5.41, 5.74) is 1.16. The molecule has 1 aromatic heterocycles. The number of carbonyl (C=O) groups excluding carboxylic acids is 2. The van der Waals surface area contributed by atoms with E-state index in [0.29, 0.717) is 0 Å². The fourth-order valence-corrected chi connectivity index (χ4v) is 2.92. The lowest BCUT2D eigenvalue weighted by atomic mass is 10.0. The number of benzene rings is 1. The lowest BCUT2D eigenvalue weighted by Gasteiger charge is -2.17. The van der Waals surface area contributed by atoms with E-state index in [2.05, 4.69) is 10.1 Å². The van der Waals surface area contributed by atoms with Crippen LogP contribution in [0.5, 0.6) is 0 Å². The zero-order valence-corrected chi connectivity index (χ0v) is 13.3. The number of nitrogens with one attached hydrogen (secondary N) is 1. The third kappa shape index (κ3) is 5.00. The lowest BCUT2D eigenvalue weighted by Crippen LogP contribution is -2.29. The molecule has 5 heteroatoms. The van der Waals surface area contributed by atoms with Crippen molar-refractivity contribution in [2.24, 2.45) is 0 Å². The number of carbonyl (C=O) groups is 2. The zero-order chi connectivity index (χ0) is 15.8. The van der Waals surface area contributed by atoms with Crippen molar-refractivity contribution >= 4 is 23.2 Å². The van der Waals surface area contributed by atoms with Gasteiger partial charge in [0.1, 0.15) is 0 Å². The Labute approximate surface area is 134 Å². The number of rotatable bonds is 7. The highest BCUT2D eigenvalue weighted by Crippen LogP contribution is 2.23. The number of esters is 1. The van der Waals surface area contributed by atoms with Gasteiger partial charge in [-0.2, -0.15) is 0 Å². The molecular formula is C17H19NO3S. The lowest BCUT2D eigenvalue weighted by molar-refractivity contribution is -0.142. The molecule has 0 unspecified atom stereocenters. The Morgan fingerprint density at radius 2 is 1.91 bits per heavy atom. The van der Waals surface area contributed by atoms with E-state index in [1.807, 2.05) is 47.8 Å². The Bertz CT molecular complexity index is 596. The molecule has 1 amide bonds. The van der Waals surface area contributed by atoms with Gasteiger partial charge in [-0.1, -0.05) is 36.4 Å². The average Bonchev–Trinajstić information content (AvgIpc) is 3.07. The van der Waals surface area contributed by atoms with Gasteiger partial charge in [-0.15, -0.1) is 11.3 Å². The number of amides is 1. The van der Waals surface area contributed by atoms with E-state index < -0.39 is 0 Å². The summed E-state index contributed by atoms with van der Waals surface area (Å²) in [5, 5.41) is 5.01. The number of thiophene rings is 1. The molecule has 0 aliphatic rings. The van der Waals surface area contributed by atoms with Crippen molar-refractivity contribution in [3.8, 4) is 0 Å². The van der Waals surface area contributed by atoms with Crippen LogP contribution in [0.2, 0.25) is 0 Å². The zero-order valence-electron chi connectivity index (χ0n) is 12.5. The molecule has 22 heavy (non-hydrogen) atoms. The van der Waals surface area contributed by atoms with Gasteiger partial charge in [0.25, 0.3) is 0 Å². The molecule has 0 aliphatic carbocycles.